The first-order valence-corrected chi connectivity index (χ1v) is 5.34. The lowest BCUT2D eigenvalue weighted by atomic mass is 10.0. The fourth-order valence-corrected chi connectivity index (χ4v) is 1.09. The van der Waals surface area contributed by atoms with Gasteiger partial charge in [-0.3, -0.25) is 4.79 Å². The summed E-state index contributed by atoms with van der Waals surface area (Å²) < 4.78 is 5.10. The number of nitrogens with two attached hydrogens (primary N) is 1. The van der Waals surface area contributed by atoms with E-state index in [4.69, 9.17) is 10.5 Å². The van der Waals surface area contributed by atoms with Crippen LogP contribution in [-0.2, 0) is 9.53 Å². The molecule has 0 heterocycles. The Morgan fingerprint density at radius 1 is 1.53 bits per heavy atom. The fraction of sp³-hybridized carbons (Fsp3) is 0.909. The van der Waals surface area contributed by atoms with Crippen molar-refractivity contribution in [3.8, 4) is 0 Å². The molecular formula is C11H24N2O2. The van der Waals surface area contributed by atoms with Crippen LogP contribution in [0.2, 0.25) is 0 Å². The summed E-state index contributed by atoms with van der Waals surface area (Å²) in [5, 5.41) is 0. The van der Waals surface area contributed by atoms with E-state index < -0.39 is 0 Å². The minimum Gasteiger partial charge on any atom is -0.382 e. The molecule has 0 aromatic rings. The maximum Gasteiger partial charge on any atom is 0.222 e. The van der Waals surface area contributed by atoms with Gasteiger partial charge in [0, 0.05) is 32.7 Å². The third-order valence-corrected chi connectivity index (χ3v) is 2.95. The van der Waals surface area contributed by atoms with Gasteiger partial charge in [-0.05, 0) is 27.2 Å². The molecule has 4 nitrogen and oxygen atoms in total. The lowest BCUT2D eigenvalue weighted by Gasteiger charge is -2.34. The van der Waals surface area contributed by atoms with E-state index >= 15 is 0 Å². The van der Waals surface area contributed by atoms with E-state index in [-0.39, 0.29) is 17.6 Å². The molecule has 90 valence electrons. The molecule has 2 N–H and O–H groups in total. The van der Waals surface area contributed by atoms with Crippen LogP contribution in [0.25, 0.3) is 0 Å². The summed E-state index contributed by atoms with van der Waals surface area (Å²) in [7, 11) is 3.45. The number of carbonyl (C=O) groups is 1. The van der Waals surface area contributed by atoms with Crippen molar-refractivity contribution in [3.05, 3.63) is 0 Å². The Kier molecular flexibility index (Phi) is 5.83. The van der Waals surface area contributed by atoms with E-state index in [2.05, 4.69) is 0 Å². The third kappa shape index (κ3) is 4.62. The number of methoxy groups -OCH3 is 1. The second-order valence-electron chi connectivity index (χ2n) is 4.55. The molecule has 4 heteroatoms. The Hall–Kier alpha value is -0.610. The van der Waals surface area contributed by atoms with Crippen molar-refractivity contribution >= 4 is 5.91 Å². The summed E-state index contributed by atoms with van der Waals surface area (Å²) in [5.74, 6) is 0.120. The van der Waals surface area contributed by atoms with E-state index in [0.717, 1.165) is 6.42 Å². The largest absolute Gasteiger partial charge is 0.382 e. The average molecular weight is 216 g/mol. The molecule has 0 saturated carbocycles. The van der Waals surface area contributed by atoms with Gasteiger partial charge in [0.15, 0.2) is 0 Å². The molecule has 1 atom stereocenters. The van der Waals surface area contributed by atoms with Crippen LogP contribution in [0.5, 0.6) is 0 Å². The number of hydrogen-bond acceptors (Lipinski definition) is 3. The Morgan fingerprint density at radius 2 is 2.07 bits per heavy atom. The zero-order valence-electron chi connectivity index (χ0n) is 10.5. The van der Waals surface area contributed by atoms with Gasteiger partial charge in [0.25, 0.3) is 0 Å². The summed E-state index contributed by atoms with van der Waals surface area (Å²) in [6, 6.07) is 0. The van der Waals surface area contributed by atoms with Crippen LogP contribution < -0.4 is 5.73 Å². The lowest BCUT2D eigenvalue weighted by molar-refractivity contribution is -0.135. The summed E-state index contributed by atoms with van der Waals surface area (Å²) >= 11 is 0. The molecular weight excluding hydrogens is 192 g/mol. The van der Waals surface area contributed by atoms with E-state index in [1.807, 2.05) is 20.8 Å². The number of amides is 1. The topological polar surface area (TPSA) is 55.6 Å². The van der Waals surface area contributed by atoms with E-state index in [1.54, 1.807) is 19.1 Å². The van der Waals surface area contributed by atoms with Crippen molar-refractivity contribution in [2.75, 3.05) is 20.7 Å². The van der Waals surface area contributed by atoms with E-state index in [1.165, 1.54) is 0 Å². The highest BCUT2D eigenvalue weighted by atomic mass is 16.5. The highest BCUT2D eigenvalue weighted by Crippen LogP contribution is 2.13. The fourth-order valence-electron chi connectivity index (χ4n) is 1.09. The third-order valence-electron chi connectivity index (χ3n) is 2.95. The maximum atomic E-state index is 11.8. The molecule has 1 unspecified atom stereocenters. The van der Waals surface area contributed by atoms with Gasteiger partial charge in [0.05, 0.1) is 6.10 Å². The summed E-state index contributed by atoms with van der Waals surface area (Å²) in [6.45, 7) is 6.35. The van der Waals surface area contributed by atoms with Crippen LogP contribution >= 0.6 is 0 Å². The first kappa shape index (κ1) is 14.4. The minimum absolute atomic E-state index is 0.120. The van der Waals surface area contributed by atoms with Gasteiger partial charge in [-0.2, -0.15) is 0 Å². The highest BCUT2D eigenvalue weighted by Gasteiger charge is 2.25. The van der Waals surface area contributed by atoms with Gasteiger partial charge in [-0.1, -0.05) is 0 Å². The Labute approximate surface area is 92.8 Å². The van der Waals surface area contributed by atoms with Crippen LogP contribution in [0.1, 0.15) is 33.6 Å². The van der Waals surface area contributed by atoms with Gasteiger partial charge in [0.2, 0.25) is 5.91 Å². The molecule has 0 spiro atoms. The van der Waals surface area contributed by atoms with Crippen LogP contribution in [0.3, 0.4) is 0 Å². The minimum atomic E-state index is -0.270. The summed E-state index contributed by atoms with van der Waals surface area (Å²) in [6.07, 6.45) is 1.39. The monoisotopic (exact) mass is 216 g/mol. The van der Waals surface area contributed by atoms with Crippen molar-refractivity contribution < 1.29 is 9.53 Å². The number of carbonyl (C=O) groups excluding carboxylic acids is 1. The van der Waals surface area contributed by atoms with Crippen LogP contribution in [-0.4, -0.2) is 43.2 Å². The maximum absolute atomic E-state index is 11.8. The summed E-state index contributed by atoms with van der Waals surface area (Å²) in [4.78, 5) is 13.5. The molecule has 0 fully saturated rings. The second-order valence-corrected chi connectivity index (χ2v) is 4.55. The van der Waals surface area contributed by atoms with Crippen molar-refractivity contribution in [3.63, 3.8) is 0 Å². The predicted octanol–water partition coefficient (Wildman–Crippen LogP) is 0.997. The number of likely N-dealkylation sites (N-methyl/N-ethyl adjacent to an activating group) is 1. The molecule has 0 rings (SSSR count). The molecule has 0 aromatic heterocycles. The number of nitrogens with zero attached hydrogens (tertiary/aromatic N) is 1. The first-order chi connectivity index (χ1) is 6.85. The smallest absolute Gasteiger partial charge is 0.222 e. The van der Waals surface area contributed by atoms with Crippen molar-refractivity contribution in [2.45, 2.75) is 45.3 Å². The standard InChI is InChI=1S/C11H24N2O2/c1-9(15-5)6-7-10(14)13(4)11(2,3)8-12/h9H,6-8,12H2,1-5H3. The quantitative estimate of drug-likeness (QED) is 0.720. The van der Waals surface area contributed by atoms with Gasteiger partial charge in [-0.15, -0.1) is 0 Å². The number of ether oxygens (including phenoxy) is 1. The lowest BCUT2D eigenvalue weighted by Crippen LogP contribution is -2.50. The van der Waals surface area contributed by atoms with Gasteiger partial charge in [-0.25, -0.2) is 0 Å². The van der Waals surface area contributed by atoms with Gasteiger partial charge in [0.1, 0.15) is 0 Å². The average Bonchev–Trinajstić information content (AvgIpc) is 2.23. The molecule has 1 amide bonds. The van der Waals surface area contributed by atoms with Gasteiger partial charge >= 0.3 is 0 Å². The molecule has 0 aromatic carbocycles. The molecule has 0 radical (unpaired) electrons. The van der Waals surface area contributed by atoms with Gasteiger partial charge < -0.3 is 15.4 Å². The normalized spacial score (nSPS) is 13.7. The number of rotatable bonds is 6. The van der Waals surface area contributed by atoms with E-state index in [0.29, 0.717) is 13.0 Å². The highest BCUT2D eigenvalue weighted by molar-refractivity contribution is 5.76. The molecule has 0 aliphatic rings. The predicted molar refractivity (Wildman–Crippen MR) is 61.6 cm³/mol. The molecule has 0 saturated heterocycles. The Morgan fingerprint density at radius 3 is 2.47 bits per heavy atom. The van der Waals surface area contributed by atoms with Crippen molar-refractivity contribution in [2.24, 2.45) is 5.73 Å². The molecule has 0 aliphatic heterocycles. The Bertz CT molecular complexity index is 205. The zero-order chi connectivity index (χ0) is 12.1. The first-order valence-electron chi connectivity index (χ1n) is 5.34. The van der Waals surface area contributed by atoms with E-state index in [9.17, 15) is 4.79 Å². The van der Waals surface area contributed by atoms with Crippen LogP contribution in [0.15, 0.2) is 0 Å². The number of hydrogen-bond donors (Lipinski definition) is 1. The molecule has 0 aliphatic carbocycles. The summed E-state index contributed by atoms with van der Waals surface area (Å²) in [5.41, 5.74) is 5.34. The van der Waals surface area contributed by atoms with Crippen molar-refractivity contribution in [1.29, 1.82) is 0 Å². The molecule has 0 bridgehead atoms. The van der Waals surface area contributed by atoms with Crippen LogP contribution in [0.4, 0.5) is 0 Å². The van der Waals surface area contributed by atoms with Crippen LogP contribution in [0, 0.1) is 0 Å². The Balaban J connectivity index is 4.11. The molecule has 15 heavy (non-hydrogen) atoms. The van der Waals surface area contributed by atoms with Crippen molar-refractivity contribution in [1.82, 2.24) is 4.90 Å². The SMILES string of the molecule is COC(C)CCC(=O)N(C)C(C)(C)CN. The zero-order valence-corrected chi connectivity index (χ0v) is 10.5. The second kappa shape index (κ2) is 6.08.